The van der Waals surface area contributed by atoms with Gasteiger partial charge in [-0.05, 0) is 77.9 Å². The second-order valence-electron chi connectivity index (χ2n) is 7.17. The molecule has 1 heterocycles. The van der Waals surface area contributed by atoms with E-state index in [0.717, 1.165) is 24.1 Å². The number of nitrogens with one attached hydrogen (secondary N) is 1. The third-order valence-corrected chi connectivity index (χ3v) is 6.23. The van der Waals surface area contributed by atoms with Crippen LogP contribution in [0.1, 0.15) is 42.5 Å². The summed E-state index contributed by atoms with van der Waals surface area (Å²) in [5.74, 6) is 0.178. The number of tetrazole rings is 1. The Hall–Kier alpha value is -2.38. The van der Waals surface area contributed by atoms with Gasteiger partial charge < -0.3 is 5.32 Å². The Morgan fingerprint density at radius 3 is 2.86 bits per heavy atom. The average molecular weight is 428 g/mol. The lowest BCUT2D eigenvalue weighted by Crippen LogP contribution is -2.28. The predicted molar refractivity (Wildman–Crippen MR) is 115 cm³/mol. The number of fused-ring (bicyclic) bond motifs is 1. The van der Waals surface area contributed by atoms with Gasteiger partial charge in [-0.15, -0.1) is 5.10 Å². The molecule has 3 aromatic rings. The van der Waals surface area contributed by atoms with E-state index in [2.05, 4.69) is 39.0 Å². The van der Waals surface area contributed by atoms with Crippen LogP contribution in [0.4, 0.5) is 0 Å². The number of carbonyl (C=O) groups is 1. The maximum absolute atomic E-state index is 12.5. The lowest BCUT2D eigenvalue weighted by Gasteiger charge is -2.20. The minimum absolute atomic E-state index is 0.0424. The smallest absolute Gasteiger partial charge is 0.230 e. The van der Waals surface area contributed by atoms with E-state index in [1.54, 1.807) is 16.8 Å². The van der Waals surface area contributed by atoms with E-state index in [-0.39, 0.29) is 17.7 Å². The first kappa shape index (κ1) is 19.9. The van der Waals surface area contributed by atoms with Crippen LogP contribution in [-0.2, 0) is 17.6 Å². The van der Waals surface area contributed by atoms with E-state index in [1.807, 2.05) is 19.1 Å². The number of amides is 1. The van der Waals surface area contributed by atoms with Crippen molar-refractivity contribution in [1.82, 2.24) is 25.5 Å². The predicted octanol–water partition coefficient (Wildman–Crippen LogP) is 4.16. The molecule has 0 bridgehead atoms. The van der Waals surface area contributed by atoms with Crippen LogP contribution in [0, 0.1) is 0 Å². The zero-order valence-corrected chi connectivity index (χ0v) is 17.7. The van der Waals surface area contributed by atoms with E-state index >= 15 is 0 Å². The summed E-state index contributed by atoms with van der Waals surface area (Å²) in [6.07, 6.45) is 4.81. The SMILES string of the molecule is C[C@@H](NC(=O)CSc1nnnn1-c1cccc(Cl)c1)c1ccc2c(c1)CCCC2. The van der Waals surface area contributed by atoms with Crippen molar-refractivity contribution in [3.05, 3.63) is 64.2 Å². The fourth-order valence-corrected chi connectivity index (χ4v) is 4.44. The molecule has 1 aliphatic rings. The first-order chi connectivity index (χ1) is 14.1. The van der Waals surface area contributed by atoms with Crippen LogP contribution >= 0.6 is 23.4 Å². The van der Waals surface area contributed by atoms with Crippen LogP contribution in [0.25, 0.3) is 5.69 Å². The molecule has 0 spiro atoms. The van der Waals surface area contributed by atoms with Gasteiger partial charge in [0.1, 0.15) is 0 Å². The zero-order chi connectivity index (χ0) is 20.2. The molecule has 1 amide bonds. The summed E-state index contributed by atoms with van der Waals surface area (Å²) in [6, 6.07) is 13.8. The minimum atomic E-state index is -0.0548. The van der Waals surface area contributed by atoms with Crippen molar-refractivity contribution in [3.63, 3.8) is 0 Å². The van der Waals surface area contributed by atoms with E-state index in [0.29, 0.717) is 10.2 Å². The number of rotatable bonds is 6. The lowest BCUT2D eigenvalue weighted by molar-refractivity contribution is -0.119. The molecule has 0 saturated carbocycles. The monoisotopic (exact) mass is 427 g/mol. The number of halogens is 1. The fourth-order valence-electron chi connectivity index (χ4n) is 3.56. The number of aromatic nitrogens is 4. The Morgan fingerprint density at radius 2 is 2.03 bits per heavy atom. The molecule has 1 aromatic heterocycles. The maximum Gasteiger partial charge on any atom is 0.230 e. The van der Waals surface area contributed by atoms with E-state index in [9.17, 15) is 4.79 Å². The normalized spacial score (nSPS) is 14.3. The molecule has 29 heavy (non-hydrogen) atoms. The van der Waals surface area contributed by atoms with E-state index < -0.39 is 0 Å². The quantitative estimate of drug-likeness (QED) is 0.598. The zero-order valence-electron chi connectivity index (χ0n) is 16.1. The van der Waals surface area contributed by atoms with Crippen molar-refractivity contribution in [2.24, 2.45) is 0 Å². The Labute approximate surface area is 179 Å². The van der Waals surface area contributed by atoms with Crippen molar-refractivity contribution < 1.29 is 4.79 Å². The number of thioether (sulfide) groups is 1. The highest BCUT2D eigenvalue weighted by atomic mass is 35.5. The molecule has 0 radical (unpaired) electrons. The number of aryl methyl sites for hydroxylation is 2. The Morgan fingerprint density at radius 1 is 1.21 bits per heavy atom. The van der Waals surface area contributed by atoms with Gasteiger partial charge in [0.15, 0.2) is 0 Å². The van der Waals surface area contributed by atoms with Gasteiger partial charge >= 0.3 is 0 Å². The van der Waals surface area contributed by atoms with Crippen LogP contribution in [0.3, 0.4) is 0 Å². The molecule has 2 aromatic carbocycles. The molecular formula is C21H22ClN5OS. The first-order valence-electron chi connectivity index (χ1n) is 9.68. The second kappa shape index (κ2) is 8.97. The summed E-state index contributed by atoms with van der Waals surface area (Å²) >= 11 is 7.34. The molecule has 1 aliphatic carbocycles. The standard InChI is InChI=1S/C21H22ClN5OS/c1-14(16-10-9-15-5-2-3-6-17(15)11-16)23-20(28)13-29-21-24-25-26-27(21)19-8-4-7-18(22)12-19/h4,7-12,14H,2-3,5-6,13H2,1H3,(H,23,28)/t14-/m1/s1. The van der Waals surface area contributed by atoms with E-state index in [4.69, 9.17) is 11.6 Å². The van der Waals surface area contributed by atoms with Crippen molar-refractivity contribution in [1.29, 1.82) is 0 Å². The third kappa shape index (κ3) is 4.79. The van der Waals surface area contributed by atoms with Gasteiger partial charge in [0, 0.05) is 5.02 Å². The number of hydrogen-bond donors (Lipinski definition) is 1. The number of carbonyl (C=O) groups excluding carboxylic acids is 1. The molecule has 4 rings (SSSR count). The molecule has 0 saturated heterocycles. The van der Waals surface area contributed by atoms with Gasteiger partial charge in [-0.2, -0.15) is 4.68 Å². The van der Waals surface area contributed by atoms with Gasteiger partial charge in [0.05, 0.1) is 17.5 Å². The highest BCUT2D eigenvalue weighted by Crippen LogP contribution is 2.25. The number of hydrogen-bond acceptors (Lipinski definition) is 5. The second-order valence-corrected chi connectivity index (χ2v) is 8.55. The largest absolute Gasteiger partial charge is 0.349 e. The van der Waals surface area contributed by atoms with Crippen LogP contribution < -0.4 is 5.32 Å². The summed E-state index contributed by atoms with van der Waals surface area (Å²) in [6.45, 7) is 2.02. The molecule has 0 fully saturated rings. The van der Waals surface area contributed by atoms with Crippen LogP contribution in [0.15, 0.2) is 47.6 Å². The molecule has 0 aliphatic heterocycles. The molecule has 1 N–H and O–H groups in total. The highest BCUT2D eigenvalue weighted by Gasteiger charge is 2.16. The molecule has 150 valence electrons. The lowest BCUT2D eigenvalue weighted by atomic mass is 9.89. The molecule has 0 unspecified atom stereocenters. The minimum Gasteiger partial charge on any atom is -0.349 e. The first-order valence-corrected chi connectivity index (χ1v) is 11.0. The Balaban J connectivity index is 1.37. The summed E-state index contributed by atoms with van der Waals surface area (Å²) in [5, 5.41) is 16.0. The van der Waals surface area contributed by atoms with Crippen LogP contribution in [0.5, 0.6) is 0 Å². The molecule has 1 atom stereocenters. The summed E-state index contributed by atoms with van der Waals surface area (Å²) < 4.78 is 1.58. The van der Waals surface area contributed by atoms with Gasteiger partial charge in [0.2, 0.25) is 11.1 Å². The fraction of sp³-hybridized carbons (Fsp3) is 0.333. The summed E-state index contributed by atoms with van der Waals surface area (Å²) in [5.41, 5.74) is 4.77. The van der Waals surface area contributed by atoms with Crippen molar-refractivity contribution >= 4 is 29.3 Å². The Kier molecular flexibility index (Phi) is 6.16. The number of benzene rings is 2. The number of nitrogens with zero attached hydrogens (tertiary/aromatic N) is 4. The molecule has 6 nitrogen and oxygen atoms in total. The topological polar surface area (TPSA) is 72.7 Å². The Bertz CT molecular complexity index is 1020. The van der Waals surface area contributed by atoms with Crippen molar-refractivity contribution in [3.8, 4) is 5.69 Å². The molecule has 8 heteroatoms. The maximum atomic E-state index is 12.5. The van der Waals surface area contributed by atoms with E-state index in [1.165, 1.54) is 35.7 Å². The highest BCUT2D eigenvalue weighted by molar-refractivity contribution is 7.99. The third-order valence-electron chi connectivity index (χ3n) is 5.08. The average Bonchev–Trinajstić information content (AvgIpc) is 3.20. The summed E-state index contributed by atoms with van der Waals surface area (Å²) in [7, 11) is 0. The molecular weight excluding hydrogens is 406 g/mol. The van der Waals surface area contributed by atoms with Crippen LogP contribution in [-0.4, -0.2) is 31.9 Å². The van der Waals surface area contributed by atoms with Gasteiger partial charge in [-0.25, -0.2) is 0 Å². The van der Waals surface area contributed by atoms with Crippen LogP contribution in [0.2, 0.25) is 5.02 Å². The van der Waals surface area contributed by atoms with Gasteiger partial charge in [-0.3, -0.25) is 4.79 Å². The van der Waals surface area contributed by atoms with Gasteiger partial charge in [0.25, 0.3) is 0 Å². The van der Waals surface area contributed by atoms with Crippen molar-refractivity contribution in [2.45, 2.75) is 43.8 Å². The van der Waals surface area contributed by atoms with Crippen molar-refractivity contribution in [2.75, 3.05) is 5.75 Å². The summed E-state index contributed by atoms with van der Waals surface area (Å²) in [4.78, 5) is 12.5. The van der Waals surface area contributed by atoms with Gasteiger partial charge in [-0.1, -0.05) is 47.6 Å².